The first kappa shape index (κ1) is 22.2. The van der Waals surface area contributed by atoms with Crippen molar-refractivity contribution in [3.05, 3.63) is 120 Å². The van der Waals surface area contributed by atoms with Crippen LogP contribution >= 0.6 is 0 Å². The van der Waals surface area contributed by atoms with E-state index in [2.05, 4.69) is 49.4 Å². The molecule has 1 aliphatic rings. The van der Waals surface area contributed by atoms with E-state index in [0.29, 0.717) is 23.4 Å². The maximum absolute atomic E-state index is 6.51. The molecule has 4 heteroatoms. The van der Waals surface area contributed by atoms with Crippen LogP contribution in [0, 0.1) is 5.92 Å². The number of ether oxygens (including phenoxy) is 1. The second kappa shape index (κ2) is 9.74. The van der Waals surface area contributed by atoms with Crippen LogP contribution in [0.2, 0.25) is 0 Å². The smallest absolute Gasteiger partial charge is 0.164 e. The Balaban J connectivity index is 1.37. The monoisotopic (exact) mass is 469 g/mol. The zero-order valence-electron chi connectivity index (χ0n) is 20.2. The van der Waals surface area contributed by atoms with Crippen molar-refractivity contribution in [1.29, 1.82) is 0 Å². The summed E-state index contributed by atoms with van der Waals surface area (Å²) in [7, 11) is 0. The lowest BCUT2D eigenvalue weighted by molar-refractivity contribution is 0.148. The minimum atomic E-state index is 0.0146. The number of aromatic nitrogens is 3. The second-order valence-corrected chi connectivity index (χ2v) is 9.32. The molecule has 1 aromatic heterocycles. The number of para-hydroxylation sites is 1. The molecule has 6 rings (SSSR count). The highest BCUT2D eigenvalue weighted by molar-refractivity contribution is 5.66. The molecule has 0 aliphatic carbocycles. The van der Waals surface area contributed by atoms with E-state index < -0.39 is 0 Å². The van der Waals surface area contributed by atoms with Gasteiger partial charge in [-0.2, -0.15) is 0 Å². The van der Waals surface area contributed by atoms with Gasteiger partial charge in [0.2, 0.25) is 0 Å². The van der Waals surface area contributed by atoms with E-state index in [1.807, 2.05) is 66.7 Å². The molecule has 0 radical (unpaired) electrons. The lowest BCUT2D eigenvalue weighted by atomic mass is 9.92. The average Bonchev–Trinajstić information content (AvgIpc) is 3.12. The van der Waals surface area contributed by atoms with E-state index in [4.69, 9.17) is 19.7 Å². The maximum atomic E-state index is 6.51. The minimum Gasteiger partial charge on any atom is -0.485 e. The van der Waals surface area contributed by atoms with Gasteiger partial charge in [-0.1, -0.05) is 110 Å². The lowest BCUT2D eigenvalue weighted by Crippen LogP contribution is -2.15. The molecule has 176 valence electrons. The van der Waals surface area contributed by atoms with Gasteiger partial charge in [-0.3, -0.25) is 0 Å². The molecule has 0 amide bonds. The summed E-state index contributed by atoms with van der Waals surface area (Å²) in [6.45, 7) is 2.27. The van der Waals surface area contributed by atoms with Crippen molar-refractivity contribution in [2.24, 2.45) is 5.92 Å². The maximum Gasteiger partial charge on any atom is 0.164 e. The molecule has 1 aliphatic heterocycles. The molecule has 4 nitrogen and oxygen atoms in total. The number of aryl methyl sites for hydroxylation is 1. The zero-order valence-corrected chi connectivity index (χ0v) is 20.2. The summed E-state index contributed by atoms with van der Waals surface area (Å²) >= 11 is 0. The molecular formula is C32H27N3O. The highest BCUT2D eigenvalue weighted by Crippen LogP contribution is 2.37. The first-order chi connectivity index (χ1) is 17.7. The Morgan fingerprint density at radius 1 is 0.583 bits per heavy atom. The van der Waals surface area contributed by atoms with Crippen LogP contribution < -0.4 is 4.74 Å². The third-order valence-electron chi connectivity index (χ3n) is 6.81. The molecule has 2 atom stereocenters. The number of nitrogens with zero attached hydrogens (tertiary/aromatic N) is 3. The zero-order chi connectivity index (χ0) is 24.3. The molecule has 1 unspecified atom stereocenters. The Morgan fingerprint density at radius 3 is 1.67 bits per heavy atom. The summed E-state index contributed by atoms with van der Waals surface area (Å²) in [5.74, 6) is 3.40. The molecule has 5 aromatic rings. The molecule has 0 spiro atoms. The second-order valence-electron chi connectivity index (χ2n) is 9.32. The highest BCUT2D eigenvalue weighted by Gasteiger charge is 2.26. The van der Waals surface area contributed by atoms with Crippen molar-refractivity contribution < 1.29 is 4.74 Å². The van der Waals surface area contributed by atoms with Crippen LogP contribution in [0.15, 0.2) is 109 Å². The molecule has 0 bridgehead atoms. The van der Waals surface area contributed by atoms with Gasteiger partial charge in [-0.15, -0.1) is 0 Å². The van der Waals surface area contributed by atoms with Crippen LogP contribution in [0.1, 0.15) is 30.6 Å². The van der Waals surface area contributed by atoms with Crippen molar-refractivity contribution in [3.8, 4) is 39.9 Å². The Bertz CT molecular complexity index is 1410. The van der Waals surface area contributed by atoms with Crippen LogP contribution in [-0.2, 0) is 6.42 Å². The van der Waals surface area contributed by atoms with E-state index in [-0.39, 0.29) is 6.10 Å². The fraction of sp³-hybridized carbons (Fsp3) is 0.156. The Morgan fingerprint density at radius 2 is 1.08 bits per heavy atom. The number of fused-ring (bicyclic) bond motifs is 1. The van der Waals surface area contributed by atoms with E-state index >= 15 is 0 Å². The third-order valence-corrected chi connectivity index (χ3v) is 6.81. The van der Waals surface area contributed by atoms with E-state index in [1.54, 1.807) is 0 Å². The number of hydrogen-bond donors (Lipinski definition) is 0. The first-order valence-electron chi connectivity index (χ1n) is 12.5. The van der Waals surface area contributed by atoms with Crippen LogP contribution in [0.4, 0.5) is 0 Å². The number of rotatable bonds is 4. The van der Waals surface area contributed by atoms with Crippen LogP contribution in [0.25, 0.3) is 34.2 Å². The van der Waals surface area contributed by atoms with Crippen molar-refractivity contribution >= 4 is 0 Å². The standard InChI is InChI=1S/C32H27N3O/c1-22-16-17-23-10-8-9-15-28(23)36-29(22)24-18-20-27(21-19-24)32-34-30(25-11-4-2-5-12-25)33-31(35-32)26-13-6-3-7-14-26/h2-15,18-22,29H,16-17H2,1H3/t22-,29?/m1/s1. The summed E-state index contributed by atoms with van der Waals surface area (Å²) in [4.78, 5) is 14.5. The Labute approximate surface area is 211 Å². The van der Waals surface area contributed by atoms with Gasteiger partial charge in [0.05, 0.1) is 0 Å². The first-order valence-corrected chi connectivity index (χ1v) is 12.5. The van der Waals surface area contributed by atoms with Gasteiger partial charge in [0.25, 0.3) is 0 Å². The predicted octanol–water partition coefficient (Wildman–Crippen LogP) is 7.58. The van der Waals surface area contributed by atoms with Crippen molar-refractivity contribution in [1.82, 2.24) is 15.0 Å². The summed E-state index contributed by atoms with van der Waals surface area (Å²) in [6, 6.07) is 37.0. The minimum absolute atomic E-state index is 0.0146. The topological polar surface area (TPSA) is 47.9 Å². The molecule has 0 saturated carbocycles. The third kappa shape index (κ3) is 4.50. The quantitative estimate of drug-likeness (QED) is 0.272. The molecule has 0 fully saturated rings. The van der Waals surface area contributed by atoms with Crippen LogP contribution in [0.3, 0.4) is 0 Å². The Hall–Kier alpha value is -4.31. The molecule has 0 saturated heterocycles. The average molecular weight is 470 g/mol. The van der Waals surface area contributed by atoms with E-state index in [0.717, 1.165) is 35.3 Å². The van der Waals surface area contributed by atoms with Crippen LogP contribution in [-0.4, -0.2) is 15.0 Å². The summed E-state index contributed by atoms with van der Waals surface area (Å²) in [6.07, 6.45) is 2.15. The number of benzene rings is 4. The summed E-state index contributed by atoms with van der Waals surface area (Å²) in [5, 5.41) is 0. The lowest BCUT2D eigenvalue weighted by Gasteiger charge is -2.23. The van der Waals surface area contributed by atoms with Crippen molar-refractivity contribution in [2.45, 2.75) is 25.9 Å². The number of hydrogen-bond acceptors (Lipinski definition) is 4. The SMILES string of the molecule is C[C@@H]1CCc2ccccc2OC1c1ccc(-c2nc(-c3ccccc3)nc(-c3ccccc3)n2)cc1. The molecule has 36 heavy (non-hydrogen) atoms. The van der Waals surface area contributed by atoms with Gasteiger partial charge in [0.1, 0.15) is 11.9 Å². The normalized spacial score (nSPS) is 17.0. The Kier molecular flexibility index (Phi) is 6.00. The van der Waals surface area contributed by atoms with E-state index in [1.165, 1.54) is 11.1 Å². The highest BCUT2D eigenvalue weighted by atomic mass is 16.5. The fourth-order valence-corrected chi connectivity index (χ4v) is 4.77. The molecule has 0 N–H and O–H groups in total. The van der Waals surface area contributed by atoms with E-state index in [9.17, 15) is 0 Å². The van der Waals surface area contributed by atoms with Crippen molar-refractivity contribution in [2.75, 3.05) is 0 Å². The van der Waals surface area contributed by atoms with Crippen molar-refractivity contribution in [3.63, 3.8) is 0 Å². The van der Waals surface area contributed by atoms with Gasteiger partial charge in [0.15, 0.2) is 17.5 Å². The predicted molar refractivity (Wildman–Crippen MR) is 143 cm³/mol. The fourth-order valence-electron chi connectivity index (χ4n) is 4.77. The largest absolute Gasteiger partial charge is 0.485 e. The summed E-state index contributed by atoms with van der Waals surface area (Å²) < 4.78 is 6.51. The van der Waals surface area contributed by atoms with Gasteiger partial charge in [-0.05, 0) is 36.0 Å². The van der Waals surface area contributed by atoms with Gasteiger partial charge in [-0.25, -0.2) is 15.0 Å². The molecule has 2 heterocycles. The molecular weight excluding hydrogens is 442 g/mol. The van der Waals surface area contributed by atoms with Crippen LogP contribution in [0.5, 0.6) is 5.75 Å². The van der Waals surface area contributed by atoms with Gasteiger partial charge >= 0.3 is 0 Å². The van der Waals surface area contributed by atoms with Gasteiger partial charge in [0, 0.05) is 16.7 Å². The van der Waals surface area contributed by atoms with Gasteiger partial charge < -0.3 is 4.74 Å². The molecule has 4 aromatic carbocycles. The summed E-state index contributed by atoms with van der Waals surface area (Å²) in [5.41, 5.74) is 5.35.